The number of benzene rings is 1. The molecule has 1 unspecified atom stereocenters. The number of ether oxygens (including phenoxy) is 2. The van der Waals surface area contributed by atoms with Crippen LogP contribution in [0.3, 0.4) is 0 Å². The highest BCUT2D eigenvalue weighted by Crippen LogP contribution is 2.22. The predicted molar refractivity (Wildman–Crippen MR) is 121 cm³/mol. The van der Waals surface area contributed by atoms with Crippen molar-refractivity contribution in [2.24, 2.45) is 5.92 Å². The van der Waals surface area contributed by atoms with Crippen molar-refractivity contribution in [3.8, 4) is 11.6 Å². The Labute approximate surface area is 187 Å². The van der Waals surface area contributed by atoms with Crippen molar-refractivity contribution in [2.45, 2.75) is 26.2 Å². The lowest BCUT2D eigenvalue weighted by Gasteiger charge is -2.15. The molecule has 3 rings (SSSR count). The first kappa shape index (κ1) is 22.9. The monoisotopic (exact) mass is 433 g/mol. The van der Waals surface area contributed by atoms with Gasteiger partial charge in [0.15, 0.2) is 0 Å². The zero-order valence-corrected chi connectivity index (χ0v) is 18.4. The van der Waals surface area contributed by atoms with Crippen molar-refractivity contribution in [1.29, 1.82) is 0 Å². The number of hydrogen-bond acceptors (Lipinski definition) is 6. The van der Waals surface area contributed by atoms with Crippen LogP contribution in [0.25, 0.3) is 0 Å². The number of methoxy groups -OCH3 is 1. The Morgan fingerprint density at radius 2 is 1.72 bits per heavy atom. The molecule has 7 nitrogen and oxygen atoms in total. The van der Waals surface area contributed by atoms with E-state index in [4.69, 9.17) is 9.47 Å². The Morgan fingerprint density at radius 1 is 1.00 bits per heavy atom. The quantitative estimate of drug-likeness (QED) is 0.510. The van der Waals surface area contributed by atoms with Gasteiger partial charge in [-0.05, 0) is 53.8 Å². The Bertz CT molecular complexity index is 1020. The molecule has 0 bridgehead atoms. The topological polar surface area (TPSA) is 90.4 Å². The van der Waals surface area contributed by atoms with Crippen LogP contribution in [0.2, 0.25) is 0 Å². The third-order valence-electron chi connectivity index (χ3n) is 5.04. The third kappa shape index (κ3) is 6.38. The van der Waals surface area contributed by atoms with Crippen LogP contribution in [0.15, 0.2) is 67.1 Å². The Hall–Kier alpha value is -3.74. The molecule has 3 aromatic rings. The lowest BCUT2D eigenvalue weighted by molar-refractivity contribution is -0.145. The summed E-state index contributed by atoms with van der Waals surface area (Å²) in [7, 11) is 1.34. The lowest BCUT2D eigenvalue weighted by atomic mass is 10.00. The summed E-state index contributed by atoms with van der Waals surface area (Å²) in [4.78, 5) is 32.8. The summed E-state index contributed by atoms with van der Waals surface area (Å²) >= 11 is 0. The molecule has 1 amide bonds. The Balaban J connectivity index is 1.57. The number of nitrogens with one attached hydrogen (secondary N) is 1. The highest BCUT2D eigenvalue weighted by molar-refractivity contribution is 5.94. The molecular weight excluding hydrogens is 406 g/mol. The number of nitrogens with zero attached hydrogens (tertiary/aromatic N) is 2. The van der Waals surface area contributed by atoms with Gasteiger partial charge in [-0.15, -0.1) is 0 Å². The van der Waals surface area contributed by atoms with Crippen LogP contribution in [0.1, 0.15) is 41.3 Å². The normalized spacial score (nSPS) is 11.6. The van der Waals surface area contributed by atoms with E-state index >= 15 is 0 Å². The first-order chi connectivity index (χ1) is 15.5. The van der Waals surface area contributed by atoms with E-state index in [1.807, 2.05) is 36.4 Å². The summed E-state index contributed by atoms with van der Waals surface area (Å²) in [6, 6.07) is 14.8. The fraction of sp³-hybridized carbons (Fsp3) is 0.280. The molecule has 1 N–H and O–H groups in total. The largest absolute Gasteiger partial charge is 0.469 e. The molecule has 2 aromatic heterocycles. The van der Waals surface area contributed by atoms with Gasteiger partial charge in [0.25, 0.3) is 5.91 Å². The van der Waals surface area contributed by atoms with Crippen molar-refractivity contribution in [3.63, 3.8) is 0 Å². The summed E-state index contributed by atoms with van der Waals surface area (Å²) < 4.78 is 10.6. The van der Waals surface area contributed by atoms with Crippen LogP contribution < -0.4 is 10.1 Å². The molecular formula is C25H27N3O4. The molecule has 0 fully saturated rings. The van der Waals surface area contributed by atoms with E-state index in [0.717, 1.165) is 5.56 Å². The maximum atomic E-state index is 12.5. The number of aromatic nitrogens is 2. The van der Waals surface area contributed by atoms with Crippen LogP contribution in [0.5, 0.6) is 11.6 Å². The second-order valence-corrected chi connectivity index (χ2v) is 7.70. The van der Waals surface area contributed by atoms with E-state index in [1.54, 1.807) is 24.5 Å². The summed E-state index contributed by atoms with van der Waals surface area (Å²) in [5.41, 5.74) is 2.54. The second kappa shape index (κ2) is 11.0. The van der Waals surface area contributed by atoms with Crippen LogP contribution in [-0.4, -0.2) is 35.5 Å². The predicted octanol–water partition coefficient (Wildman–Crippen LogP) is 4.15. The second-order valence-electron chi connectivity index (χ2n) is 7.70. The maximum Gasteiger partial charge on any atom is 0.310 e. The van der Waals surface area contributed by atoms with Gasteiger partial charge >= 0.3 is 5.97 Å². The number of hydrogen-bond donors (Lipinski definition) is 1. The molecule has 7 heteroatoms. The van der Waals surface area contributed by atoms with E-state index in [2.05, 4.69) is 29.1 Å². The van der Waals surface area contributed by atoms with Gasteiger partial charge in [-0.3, -0.25) is 14.6 Å². The number of esters is 1. The van der Waals surface area contributed by atoms with Crippen LogP contribution >= 0.6 is 0 Å². The van der Waals surface area contributed by atoms with Gasteiger partial charge in [0.1, 0.15) is 5.75 Å². The van der Waals surface area contributed by atoms with Gasteiger partial charge < -0.3 is 14.8 Å². The number of carbonyl (C=O) groups is 2. The van der Waals surface area contributed by atoms with Gasteiger partial charge in [0.2, 0.25) is 5.88 Å². The summed E-state index contributed by atoms with van der Waals surface area (Å²) in [5, 5.41) is 2.78. The summed E-state index contributed by atoms with van der Waals surface area (Å²) in [5.74, 6) is 0.306. The number of pyridine rings is 2. The summed E-state index contributed by atoms with van der Waals surface area (Å²) in [6.07, 6.45) is 5.21. The smallest absolute Gasteiger partial charge is 0.310 e. The van der Waals surface area contributed by atoms with Gasteiger partial charge in [-0.25, -0.2) is 4.98 Å². The first-order valence-electron chi connectivity index (χ1n) is 10.4. The van der Waals surface area contributed by atoms with Crippen LogP contribution in [-0.2, 0) is 16.0 Å². The highest BCUT2D eigenvalue weighted by atomic mass is 16.5. The standard InChI is InChI=1S/C25H27N3O4/c1-17(2)19-4-7-22(8-5-19)32-23-9-6-20(15-27-23)24(29)28-16-21(25(30)31-3)14-18-10-12-26-13-11-18/h4-13,15,17,21H,14,16H2,1-3H3,(H,28,29). The number of rotatable bonds is 9. The zero-order valence-electron chi connectivity index (χ0n) is 18.4. The SMILES string of the molecule is COC(=O)C(CNC(=O)c1ccc(Oc2ccc(C(C)C)cc2)nc1)Cc1ccncc1. The minimum Gasteiger partial charge on any atom is -0.469 e. The molecule has 1 atom stereocenters. The molecule has 0 saturated heterocycles. The lowest BCUT2D eigenvalue weighted by Crippen LogP contribution is -2.34. The van der Waals surface area contributed by atoms with Crippen molar-refractivity contribution >= 4 is 11.9 Å². The zero-order chi connectivity index (χ0) is 22.9. The van der Waals surface area contributed by atoms with Crippen molar-refractivity contribution in [3.05, 3.63) is 83.8 Å². The average molecular weight is 434 g/mol. The molecule has 0 aliphatic rings. The fourth-order valence-electron chi connectivity index (χ4n) is 3.14. The average Bonchev–Trinajstić information content (AvgIpc) is 2.82. The van der Waals surface area contributed by atoms with Gasteiger partial charge in [0.05, 0.1) is 18.6 Å². The van der Waals surface area contributed by atoms with Gasteiger partial charge in [0, 0.05) is 31.2 Å². The molecule has 32 heavy (non-hydrogen) atoms. The minimum absolute atomic E-state index is 0.147. The minimum atomic E-state index is -0.504. The number of carbonyl (C=O) groups excluding carboxylic acids is 2. The maximum absolute atomic E-state index is 12.5. The van der Waals surface area contributed by atoms with Gasteiger partial charge in [-0.2, -0.15) is 0 Å². The van der Waals surface area contributed by atoms with Crippen LogP contribution in [0.4, 0.5) is 0 Å². The molecule has 1 aromatic carbocycles. The van der Waals surface area contributed by atoms with Crippen molar-refractivity contribution < 1.29 is 19.1 Å². The van der Waals surface area contributed by atoms with Crippen molar-refractivity contribution in [2.75, 3.05) is 13.7 Å². The van der Waals surface area contributed by atoms with E-state index < -0.39 is 5.92 Å². The van der Waals surface area contributed by atoms with E-state index in [9.17, 15) is 9.59 Å². The van der Waals surface area contributed by atoms with E-state index in [-0.39, 0.29) is 18.4 Å². The molecule has 0 radical (unpaired) electrons. The highest BCUT2D eigenvalue weighted by Gasteiger charge is 2.21. The third-order valence-corrected chi connectivity index (χ3v) is 5.04. The molecule has 0 aliphatic heterocycles. The molecule has 0 aliphatic carbocycles. The Morgan fingerprint density at radius 3 is 2.31 bits per heavy atom. The summed E-state index contributed by atoms with van der Waals surface area (Å²) in [6.45, 7) is 4.41. The van der Waals surface area contributed by atoms with E-state index in [0.29, 0.717) is 29.5 Å². The molecule has 0 spiro atoms. The number of amides is 1. The fourth-order valence-corrected chi connectivity index (χ4v) is 3.14. The first-order valence-corrected chi connectivity index (χ1v) is 10.4. The van der Waals surface area contributed by atoms with Gasteiger partial charge in [-0.1, -0.05) is 26.0 Å². The molecule has 2 heterocycles. The Kier molecular flexibility index (Phi) is 7.91. The van der Waals surface area contributed by atoms with Crippen molar-refractivity contribution in [1.82, 2.24) is 15.3 Å². The molecule has 0 saturated carbocycles. The molecule has 166 valence electrons. The van der Waals surface area contributed by atoms with E-state index in [1.165, 1.54) is 18.9 Å². The van der Waals surface area contributed by atoms with Crippen LogP contribution in [0, 0.1) is 5.92 Å².